The predicted molar refractivity (Wildman–Crippen MR) is 73.1 cm³/mol. The lowest BCUT2D eigenvalue weighted by Gasteiger charge is -2.27. The average molecular weight is 259 g/mol. The lowest BCUT2D eigenvalue weighted by Crippen LogP contribution is -2.47. The number of hydrogen-bond donors (Lipinski definition) is 1. The number of hydrogen-bond acceptors (Lipinski definition) is 4. The topological polar surface area (TPSA) is 58.4 Å². The standard InChI is InChI=1S/C14H17N3O2/c1-17(14(18)12-4-2-3-7-15-12)10-5-6-11-13(8-10)19-9-16-11/h5-6,8-9,12,15H,2-4,7H2,1H3. The van der Waals surface area contributed by atoms with Crippen LogP contribution in [-0.4, -0.2) is 30.5 Å². The number of carbonyl (C=O) groups is 1. The van der Waals surface area contributed by atoms with Gasteiger partial charge in [-0.25, -0.2) is 4.98 Å². The van der Waals surface area contributed by atoms with Crippen LogP contribution in [0.2, 0.25) is 0 Å². The Balaban J connectivity index is 1.81. The smallest absolute Gasteiger partial charge is 0.243 e. The Morgan fingerprint density at radius 1 is 1.47 bits per heavy atom. The molecule has 1 aliphatic heterocycles. The van der Waals surface area contributed by atoms with E-state index in [9.17, 15) is 4.79 Å². The number of amides is 1. The maximum Gasteiger partial charge on any atom is 0.243 e. The van der Waals surface area contributed by atoms with Crippen molar-refractivity contribution in [3.8, 4) is 0 Å². The van der Waals surface area contributed by atoms with Gasteiger partial charge in [0.05, 0.1) is 6.04 Å². The summed E-state index contributed by atoms with van der Waals surface area (Å²) in [4.78, 5) is 18.1. The van der Waals surface area contributed by atoms with Gasteiger partial charge in [-0.15, -0.1) is 0 Å². The molecular formula is C14H17N3O2. The molecule has 0 aliphatic carbocycles. The number of benzene rings is 1. The molecule has 5 heteroatoms. The summed E-state index contributed by atoms with van der Waals surface area (Å²) in [6, 6.07) is 5.55. The quantitative estimate of drug-likeness (QED) is 0.895. The van der Waals surface area contributed by atoms with E-state index in [-0.39, 0.29) is 11.9 Å². The average Bonchev–Trinajstić information content (AvgIpc) is 2.94. The third-order valence-corrected chi connectivity index (χ3v) is 3.64. The minimum Gasteiger partial charge on any atom is -0.443 e. The molecule has 19 heavy (non-hydrogen) atoms. The van der Waals surface area contributed by atoms with E-state index in [2.05, 4.69) is 10.3 Å². The van der Waals surface area contributed by atoms with Crippen molar-refractivity contribution in [1.29, 1.82) is 0 Å². The van der Waals surface area contributed by atoms with Crippen LogP contribution in [-0.2, 0) is 4.79 Å². The fourth-order valence-corrected chi connectivity index (χ4v) is 2.48. The van der Waals surface area contributed by atoms with Crippen LogP contribution in [0.15, 0.2) is 29.0 Å². The van der Waals surface area contributed by atoms with Gasteiger partial charge in [0.2, 0.25) is 5.91 Å². The van der Waals surface area contributed by atoms with Crippen LogP contribution >= 0.6 is 0 Å². The molecule has 1 N–H and O–H groups in total. The van der Waals surface area contributed by atoms with Crippen molar-refractivity contribution in [2.75, 3.05) is 18.5 Å². The van der Waals surface area contributed by atoms with Gasteiger partial charge in [-0.1, -0.05) is 6.42 Å². The second-order valence-electron chi connectivity index (χ2n) is 4.90. The minimum absolute atomic E-state index is 0.0656. The molecule has 3 rings (SSSR count). The molecule has 2 aromatic rings. The Morgan fingerprint density at radius 3 is 3.16 bits per heavy atom. The molecule has 1 unspecified atom stereocenters. The Morgan fingerprint density at radius 2 is 2.37 bits per heavy atom. The van der Waals surface area contributed by atoms with E-state index in [4.69, 9.17) is 4.42 Å². The zero-order chi connectivity index (χ0) is 13.2. The van der Waals surface area contributed by atoms with Crippen LogP contribution in [0, 0.1) is 0 Å². The monoisotopic (exact) mass is 259 g/mol. The van der Waals surface area contributed by atoms with Crippen LogP contribution in [0.5, 0.6) is 0 Å². The molecular weight excluding hydrogens is 242 g/mol. The van der Waals surface area contributed by atoms with E-state index in [1.807, 2.05) is 18.2 Å². The number of anilines is 1. The first-order valence-electron chi connectivity index (χ1n) is 6.60. The van der Waals surface area contributed by atoms with Gasteiger partial charge < -0.3 is 14.6 Å². The maximum absolute atomic E-state index is 12.4. The van der Waals surface area contributed by atoms with Crippen molar-refractivity contribution in [2.45, 2.75) is 25.3 Å². The van der Waals surface area contributed by atoms with Crippen LogP contribution in [0.4, 0.5) is 5.69 Å². The van der Waals surface area contributed by atoms with E-state index < -0.39 is 0 Å². The van der Waals surface area contributed by atoms with Gasteiger partial charge in [0.15, 0.2) is 12.0 Å². The number of oxazole rings is 1. The molecule has 100 valence electrons. The first-order valence-corrected chi connectivity index (χ1v) is 6.60. The van der Waals surface area contributed by atoms with Crippen molar-refractivity contribution >= 4 is 22.7 Å². The third-order valence-electron chi connectivity index (χ3n) is 3.64. The number of likely N-dealkylation sites (N-methyl/N-ethyl adjacent to an activating group) is 1. The largest absolute Gasteiger partial charge is 0.443 e. The maximum atomic E-state index is 12.4. The molecule has 0 radical (unpaired) electrons. The fourth-order valence-electron chi connectivity index (χ4n) is 2.48. The van der Waals surface area contributed by atoms with Gasteiger partial charge in [0.25, 0.3) is 0 Å². The number of rotatable bonds is 2. The van der Waals surface area contributed by atoms with Crippen molar-refractivity contribution in [2.24, 2.45) is 0 Å². The van der Waals surface area contributed by atoms with E-state index >= 15 is 0 Å². The predicted octanol–water partition coefficient (Wildman–Crippen LogP) is 1.93. The Kier molecular flexibility index (Phi) is 3.21. The van der Waals surface area contributed by atoms with Crippen LogP contribution < -0.4 is 10.2 Å². The molecule has 1 aromatic heterocycles. The van der Waals surface area contributed by atoms with Crippen molar-refractivity contribution in [3.63, 3.8) is 0 Å². The molecule has 1 atom stereocenters. The van der Waals surface area contributed by atoms with Crippen LogP contribution in [0.25, 0.3) is 11.1 Å². The summed E-state index contributed by atoms with van der Waals surface area (Å²) in [5.74, 6) is 0.110. The summed E-state index contributed by atoms with van der Waals surface area (Å²) in [7, 11) is 1.80. The van der Waals surface area contributed by atoms with E-state index in [1.54, 1.807) is 11.9 Å². The summed E-state index contributed by atoms with van der Waals surface area (Å²) in [6.07, 6.45) is 4.59. The van der Waals surface area contributed by atoms with Crippen molar-refractivity contribution in [1.82, 2.24) is 10.3 Å². The number of carbonyl (C=O) groups excluding carboxylic acids is 1. The van der Waals surface area contributed by atoms with E-state index in [0.717, 1.165) is 37.0 Å². The second-order valence-corrected chi connectivity index (χ2v) is 4.90. The number of fused-ring (bicyclic) bond motifs is 1. The molecule has 1 amide bonds. The van der Waals surface area contributed by atoms with Crippen LogP contribution in [0.3, 0.4) is 0 Å². The highest BCUT2D eigenvalue weighted by Gasteiger charge is 2.24. The first-order chi connectivity index (χ1) is 9.25. The number of nitrogens with zero attached hydrogens (tertiary/aromatic N) is 2. The molecule has 2 heterocycles. The molecule has 0 spiro atoms. The summed E-state index contributed by atoms with van der Waals surface area (Å²) in [6.45, 7) is 0.922. The Hall–Kier alpha value is -1.88. The van der Waals surface area contributed by atoms with Gasteiger partial charge in [-0.05, 0) is 31.5 Å². The highest BCUT2D eigenvalue weighted by molar-refractivity contribution is 5.98. The molecule has 1 aliphatic rings. The Labute approximate surface area is 111 Å². The number of aromatic nitrogens is 1. The van der Waals surface area contributed by atoms with E-state index in [0.29, 0.717) is 5.58 Å². The molecule has 5 nitrogen and oxygen atoms in total. The number of nitrogens with one attached hydrogen (secondary N) is 1. The van der Waals surface area contributed by atoms with Gasteiger partial charge >= 0.3 is 0 Å². The third kappa shape index (κ3) is 2.33. The lowest BCUT2D eigenvalue weighted by atomic mass is 10.0. The molecule has 1 fully saturated rings. The highest BCUT2D eigenvalue weighted by Crippen LogP contribution is 2.22. The van der Waals surface area contributed by atoms with Crippen molar-refractivity contribution < 1.29 is 9.21 Å². The minimum atomic E-state index is -0.0656. The molecule has 0 bridgehead atoms. The summed E-state index contributed by atoms with van der Waals surface area (Å²) >= 11 is 0. The van der Waals surface area contributed by atoms with Gasteiger partial charge in [-0.2, -0.15) is 0 Å². The SMILES string of the molecule is CN(C(=O)C1CCCCN1)c1ccc2ncoc2c1. The molecule has 0 saturated carbocycles. The number of piperidine rings is 1. The summed E-state index contributed by atoms with van der Waals surface area (Å²) in [5, 5.41) is 3.27. The highest BCUT2D eigenvalue weighted by atomic mass is 16.3. The van der Waals surface area contributed by atoms with Gasteiger partial charge in [0, 0.05) is 18.8 Å². The normalized spacial score (nSPS) is 19.5. The second kappa shape index (κ2) is 5.01. The Bertz CT molecular complexity index is 587. The zero-order valence-corrected chi connectivity index (χ0v) is 10.9. The van der Waals surface area contributed by atoms with Gasteiger partial charge in [0.1, 0.15) is 5.52 Å². The fraction of sp³-hybridized carbons (Fsp3) is 0.429. The zero-order valence-electron chi connectivity index (χ0n) is 10.9. The van der Waals surface area contributed by atoms with Gasteiger partial charge in [-0.3, -0.25) is 4.79 Å². The van der Waals surface area contributed by atoms with Crippen LogP contribution in [0.1, 0.15) is 19.3 Å². The van der Waals surface area contributed by atoms with Crippen molar-refractivity contribution in [3.05, 3.63) is 24.6 Å². The molecule has 1 aromatic carbocycles. The summed E-state index contributed by atoms with van der Waals surface area (Å²) < 4.78 is 5.27. The van der Waals surface area contributed by atoms with E-state index in [1.165, 1.54) is 6.39 Å². The lowest BCUT2D eigenvalue weighted by molar-refractivity contribution is -0.120. The first kappa shape index (κ1) is 12.2. The summed E-state index contributed by atoms with van der Waals surface area (Å²) in [5.41, 5.74) is 2.34. The molecule has 1 saturated heterocycles.